The summed E-state index contributed by atoms with van der Waals surface area (Å²) in [6, 6.07) is 4.39. The van der Waals surface area contributed by atoms with Gasteiger partial charge in [-0.05, 0) is 41.0 Å². The van der Waals surface area contributed by atoms with Gasteiger partial charge in [-0.2, -0.15) is 0 Å². The molecule has 0 aromatic heterocycles. The van der Waals surface area contributed by atoms with Crippen LogP contribution in [0.2, 0.25) is 0 Å². The van der Waals surface area contributed by atoms with Gasteiger partial charge in [0.15, 0.2) is 0 Å². The third kappa shape index (κ3) is 4.11. The zero-order valence-electron chi connectivity index (χ0n) is 12.3. The number of hydrogen-bond donors (Lipinski definition) is 1. The minimum atomic E-state index is 0.321. The molecule has 108 valence electrons. The van der Waals surface area contributed by atoms with Crippen LogP contribution in [0.1, 0.15) is 44.7 Å². The molecule has 0 amide bonds. The van der Waals surface area contributed by atoms with Crippen molar-refractivity contribution >= 4 is 15.9 Å². The summed E-state index contributed by atoms with van der Waals surface area (Å²) in [6.07, 6.45) is 3.51. The van der Waals surface area contributed by atoms with Crippen LogP contribution in [0.5, 0.6) is 11.5 Å². The van der Waals surface area contributed by atoms with Crippen LogP contribution in [-0.2, 0) is 0 Å². The monoisotopic (exact) mass is 329 g/mol. The van der Waals surface area contributed by atoms with E-state index in [0.29, 0.717) is 6.04 Å². The number of hydrogen-bond acceptors (Lipinski definition) is 3. The van der Waals surface area contributed by atoms with Gasteiger partial charge in [0.1, 0.15) is 16.0 Å². The first-order valence-corrected chi connectivity index (χ1v) is 7.62. The van der Waals surface area contributed by atoms with Gasteiger partial charge >= 0.3 is 0 Å². The number of halogens is 1. The van der Waals surface area contributed by atoms with Crippen LogP contribution in [0.15, 0.2) is 16.6 Å². The number of unbranched alkanes of at least 4 members (excludes halogenated alkanes) is 1. The highest BCUT2D eigenvalue weighted by molar-refractivity contribution is 9.10. The third-order valence-corrected chi connectivity index (χ3v) is 3.94. The summed E-state index contributed by atoms with van der Waals surface area (Å²) in [5.74, 6) is 1.66. The first-order chi connectivity index (χ1) is 9.19. The Hall–Kier alpha value is -0.740. The normalized spacial score (nSPS) is 12.3. The second-order valence-electron chi connectivity index (χ2n) is 4.46. The number of ether oxygens (including phenoxy) is 2. The van der Waals surface area contributed by atoms with Crippen molar-refractivity contribution in [2.45, 2.75) is 39.2 Å². The van der Waals surface area contributed by atoms with E-state index >= 15 is 0 Å². The predicted octanol–water partition coefficient (Wildman–Crippen LogP) is 4.31. The third-order valence-electron chi connectivity index (χ3n) is 3.19. The van der Waals surface area contributed by atoms with Crippen molar-refractivity contribution in [2.75, 3.05) is 20.8 Å². The van der Waals surface area contributed by atoms with E-state index in [2.05, 4.69) is 41.2 Å². The van der Waals surface area contributed by atoms with Crippen molar-refractivity contribution in [2.24, 2.45) is 0 Å². The van der Waals surface area contributed by atoms with Crippen molar-refractivity contribution in [1.82, 2.24) is 5.32 Å². The molecule has 1 unspecified atom stereocenters. The van der Waals surface area contributed by atoms with E-state index in [1.165, 1.54) is 18.4 Å². The molecular formula is C15H24BrNO2. The molecular weight excluding hydrogens is 306 g/mol. The molecule has 1 aromatic carbocycles. The maximum Gasteiger partial charge on any atom is 0.141 e. The van der Waals surface area contributed by atoms with E-state index in [1.807, 2.05) is 6.07 Å². The average Bonchev–Trinajstić information content (AvgIpc) is 2.43. The Bertz CT molecular complexity index is 396. The van der Waals surface area contributed by atoms with Crippen LogP contribution >= 0.6 is 15.9 Å². The molecule has 19 heavy (non-hydrogen) atoms. The topological polar surface area (TPSA) is 30.5 Å². The molecule has 4 heteroatoms. The quantitative estimate of drug-likeness (QED) is 0.770. The zero-order valence-corrected chi connectivity index (χ0v) is 13.8. The first-order valence-electron chi connectivity index (χ1n) is 6.83. The van der Waals surface area contributed by atoms with Crippen LogP contribution < -0.4 is 14.8 Å². The Morgan fingerprint density at radius 1 is 1.21 bits per heavy atom. The standard InChI is InChI=1S/C15H24BrNO2/c1-5-7-8-12(17-6-2)11-9-10-13(18-3)14(16)15(11)19-4/h9-10,12,17H,5-8H2,1-4H3. The number of rotatable bonds is 8. The van der Waals surface area contributed by atoms with Crippen molar-refractivity contribution in [3.05, 3.63) is 22.2 Å². The highest BCUT2D eigenvalue weighted by Crippen LogP contribution is 2.40. The molecule has 0 saturated heterocycles. The smallest absolute Gasteiger partial charge is 0.141 e. The molecule has 0 aliphatic rings. The molecule has 1 atom stereocenters. The molecule has 1 N–H and O–H groups in total. The Balaban J connectivity index is 3.10. The van der Waals surface area contributed by atoms with Crippen molar-refractivity contribution < 1.29 is 9.47 Å². The van der Waals surface area contributed by atoms with Crippen LogP contribution in [-0.4, -0.2) is 20.8 Å². The molecule has 0 bridgehead atoms. The molecule has 0 fully saturated rings. The van der Waals surface area contributed by atoms with Gasteiger partial charge in [0.25, 0.3) is 0 Å². The largest absolute Gasteiger partial charge is 0.495 e. The van der Waals surface area contributed by atoms with Crippen molar-refractivity contribution in [3.8, 4) is 11.5 Å². The number of nitrogens with one attached hydrogen (secondary N) is 1. The minimum absolute atomic E-state index is 0.321. The molecule has 0 saturated carbocycles. The van der Waals surface area contributed by atoms with E-state index in [-0.39, 0.29) is 0 Å². The van der Waals surface area contributed by atoms with E-state index in [9.17, 15) is 0 Å². The highest BCUT2D eigenvalue weighted by Gasteiger charge is 2.19. The van der Waals surface area contributed by atoms with Gasteiger partial charge < -0.3 is 14.8 Å². The van der Waals surface area contributed by atoms with Crippen LogP contribution in [0.4, 0.5) is 0 Å². The van der Waals surface area contributed by atoms with Gasteiger partial charge in [0.2, 0.25) is 0 Å². The summed E-state index contributed by atoms with van der Waals surface area (Å²) in [6.45, 7) is 5.29. The van der Waals surface area contributed by atoms with Crippen LogP contribution in [0.25, 0.3) is 0 Å². The fraction of sp³-hybridized carbons (Fsp3) is 0.600. The van der Waals surface area contributed by atoms with Crippen molar-refractivity contribution in [3.63, 3.8) is 0 Å². The zero-order chi connectivity index (χ0) is 14.3. The highest BCUT2D eigenvalue weighted by atomic mass is 79.9. The second-order valence-corrected chi connectivity index (χ2v) is 5.25. The van der Waals surface area contributed by atoms with Gasteiger partial charge in [-0.1, -0.05) is 26.7 Å². The van der Waals surface area contributed by atoms with E-state index < -0.39 is 0 Å². The average molecular weight is 330 g/mol. The second kappa shape index (κ2) is 8.43. The summed E-state index contributed by atoms with van der Waals surface area (Å²) in [5, 5.41) is 3.53. The lowest BCUT2D eigenvalue weighted by molar-refractivity contribution is 0.376. The lowest BCUT2D eigenvalue weighted by atomic mass is 10.00. The van der Waals surface area contributed by atoms with E-state index in [0.717, 1.165) is 28.9 Å². The van der Waals surface area contributed by atoms with Gasteiger partial charge in [0, 0.05) is 11.6 Å². The van der Waals surface area contributed by atoms with Crippen LogP contribution in [0.3, 0.4) is 0 Å². The molecule has 1 aromatic rings. The Morgan fingerprint density at radius 2 is 1.95 bits per heavy atom. The van der Waals surface area contributed by atoms with E-state index in [4.69, 9.17) is 9.47 Å². The fourth-order valence-electron chi connectivity index (χ4n) is 2.21. The molecule has 0 spiro atoms. The van der Waals surface area contributed by atoms with Gasteiger partial charge in [0.05, 0.1) is 14.2 Å². The predicted molar refractivity (Wildman–Crippen MR) is 83.2 cm³/mol. The summed E-state index contributed by atoms with van der Waals surface area (Å²) in [5.41, 5.74) is 1.19. The number of methoxy groups -OCH3 is 2. The molecule has 0 aliphatic carbocycles. The summed E-state index contributed by atoms with van der Waals surface area (Å²) in [7, 11) is 3.37. The lowest BCUT2D eigenvalue weighted by Gasteiger charge is -2.22. The Labute approximate surface area is 124 Å². The maximum atomic E-state index is 5.56. The molecule has 1 rings (SSSR count). The summed E-state index contributed by atoms with van der Waals surface area (Å²) < 4.78 is 11.8. The van der Waals surface area contributed by atoms with Crippen LogP contribution in [0, 0.1) is 0 Å². The Morgan fingerprint density at radius 3 is 2.47 bits per heavy atom. The lowest BCUT2D eigenvalue weighted by Crippen LogP contribution is -2.21. The molecule has 0 aliphatic heterocycles. The fourth-order valence-corrected chi connectivity index (χ4v) is 2.90. The Kier molecular flexibility index (Phi) is 7.24. The summed E-state index contributed by atoms with van der Waals surface area (Å²) >= 11 is 3.56. The van der Waals surface area contributed by atoms with E-state index in [1.54, 1.807) is 14.2 Å². The maximum absolute atomic E-state index is 5.56. The van der Waals surface area contributed by atoms with Gasteiger partial charge in [-0.15, -0.1) is 0 Å². The summed E-state index contributed by atoms with van der Waals surface area (Å²) in [4.78, 5) is 0. The number of benzene rings is 1. The molecule has 0 heterocycles. The van der Waals surface area contributed by atoms with Gasteiger partial charge in [-0.25, -0.2) is 0 Å². The SMILES string of the molecule is CCCCC(NCC)c1ccc(OC)c(Br)c1OC. The molecule has 3 nitrogen and oxygen atoms in total. The van der Waals surface area contributed by atoms with Crippen molar-refractivity contribution in [1.29, 1.82) is 0 Å². The van der Waals surface area contributed by atoms with Gasteiger partial charge in [-0.3, -0.25) is 0 Å². The molecule has 0 radical (unpaired) electrons. The first kappa shape index (κ1) is 16.3. The minimum Gasteiger partial charge on any atom is -0.495 e.